The van der Waals surface area contributed by atoms with Gasteiger partial charge < -0.3 is 16.0 Å². The number of aliphatic imine (C=N–C) groups is 1. The maximum atomic E-state index is 11.9. The van der Waals surface area contributed by atoms with Crippen molar-refractivity contribution >= 4 is 45.7 Å². The molecule has 1 atom stereocenters. The molecule has 0 aromatic rings. The van der Waals surface area contributed by atoms with Gasteiger partial charge in [0.1, 0.15) is 0 Å². The van der Waals surface area contributed by atoms with Crippen molar-refractivity contribution in [2.24, 2.45) is 10.9 Å². The molecule has 1 amide bonds. The molecular weight excluding hydrogens is 467 g/mol. The predicted octanol–water partition coefficient (Wildman–Crippen LogP) is 1.68. The molecule has 1 unspecified atom stereocenters. The Balaban J connectivity index is 0.00000625. The van der Waals surface area contributed by atoms with Gasteiger partial charge in [-0.3, -0.25) is 9.79 Å². The predicted molar refractivity (Wildman–Crippen MR) is 118 cm³/mol. The van der Waals surface area contributed by atoms with Crippen LogP contribution in [0.4, 0.5) is 0 Å². The summed E-state index contributed by atoms with van der Waals surface area (Å²) in [5.41, 5.74) is 0. The Morgan fingerprint density at radius 2 is 1.96 bits per heavy atom. The summed E-state index contributed by atoms with van der Waals surface area (Å²) in [7, 11) is -2.96. The molecule has 3 N–H and O–H groups in total. The molecule has 0 aromatic heterocycles. The van der Waals surface area contributed by atoms with Crippen LogP contribution >= 0.6 is 24.0 Å². The lowest BCUT2D eigenvalue weighted by molar-refractivity contribution is -0.121. The number of carbonyl (C=O) groups is 1. The maximum Gasteiger partial charge on any atom is 0.222 e. The second-order valence-electron chi connectivity index (χ2n) is 6.99. The number of halogens is 1. The van der Waals surface area contributed by atoms with Crippen molar-refractivity contribution in [2.75, 3.05) is 31.1 Å². The molecule has 1 aliphatic heterocycles. The van der Waals surface area contributed by atoms with E-state index in [0.29, 0.717) is 19.4 Å². The Morgan fingerprint density at radius 3 is 2.54 bits per heavy atom. The normalized spacial score (nSPS) is 19.1. The number of nitrogens with zero attached hydrogens (tertiary/aromatic N) is 1. The second-order valence-corrected chi connectivity index (χ2v) is 9.22. The van der Waals surface area contributed by atoms with Gasteiger partial charge >= 0.3 is 0 Å². The number of amides is 1. The molecular formula is C17H35IN4O3S. The van der Waals surface area contributed by atoms with E-state index in [1.165, 1.54) is 12.8 Å². The standard InChI is InChI=1S/C17H34N4O3S.HI/c1-4-18-17(19-10-6-5-7-14(2)3)20-11-8-16(22)21-15-9-12-25(23,24)13-15;/h14-15H,4-13H2,1-3H3,(H,21,22)(H2,18,19,20);1H. The fourth-order valence-corrected chi connectivity index (χ4v) is 4.37. The van der Waals surface area contributed by atoms with Gasteiger partial charge in [-0.15, -0.1) is 24.0 Å². The van der Waals surface area contributed by atoms with Crippen molar-refractivity contribution in [3.05, 3.63) is 0 Å². The number of hydrogen-bond acceptors (Lipinski definition) is 4. The lowest BCUT2D eigenvalue weighted by Crippen LogP contribution is -2.41. The molecule has 154 valence electrons. The van der Waals surface area contributed by atoms with E-state index in [4.69, 9.17) is 0 Å². The summed E-state index contributed by atoms with van der Waals surface area (Å²) in [4.78, 5) is 16.4. The molecule has 1 fully saturated rings. The molecule has 1 saturated heterocycles. The molecule has 26 heavy (non-hydrogen) atoms. The summed E-state index contributed by atoms with van der Waals surface area (Å²) >= 11 is 0. The van der Waals surface area contributed by atoms with Gasteiger partial charge in [0.2, 0.25) is 5.91 Å². The lowest BCUT2D eigenvalue weighted by atomic mass is 10.1. The minimum Gasteiger partial charge on any atom is -0.357 e. The monoisotopic (exact) mass is 502 g/mol. The Morgan fingerprint density at radius 1 is 1.23 bits per heavy atom. The summed E-state index contributed by atoms with van der Waals surface area (Å²) in [5.74, 6) is 1.56. The molecule has 1 aliphatic rings. The zero-order valence-electron chi connectivity index (χ0n) is 16.2. The van der Waals surface area contributed by atoms with Gasteiger partial charge in [0, 0.05) is 32.1 Å². The van der Waals surface area contributed by atoms with Gasteiger partial charge in [0.15, 0.2) is 15.8 Å². The van der Waals surface area contributed by atoms with Gasteiger partial charge in [0.25, 0.3) is 0 Å². The van der Waals surface area contributed by atoms with Crippen molar-refractivity contribution in [1.29, 1.82) is 0 Å². The van der Waals surface area contributed by atoms with E-state index in [0.717, 1.165) is 31.4 Å². The smallest absolute Gasteiger partial charge is 0.222 e. The molecule has 1 heterocycles. The third kappa shape index (κ3) is 11.9. The fraction of sp³-hybridized carbons (Fsp3) is 0.882. The molecule has 9 heteroatoms. The van der Waals surface area contributed by atoms with Gasteiger partial charge in [0.05, 0.1) is 11.5 Å². The Labute approximate surface area is 175 Å². The van der Waals surface area contributed by atoms with Crippen molar-refractivity contribution in [3.8, 4) is 0 Å². The third-order valence-electron chi connectivity index (χ3n) is 4.05. The lowest BCUT2D eigenvalue weighted by Gasteiger charge is -2.13. The Hall–Kier alpha value is -0.580. The van der Waals surface area contributed by atoms with E-state index in [-0.39, 0.29) is 47.4 Å². The number of guanidine groups is 1. The van der Waals surface area contributed by atoms with Gasteiger partial charge in [-0.25, -0.2) is 8.42 Å². The highest BCUT2D eigenvalue weighted by atomic mass is 127. The number of hydrogen-bond donors (Lipinski definition) is 3. The van der Waals surface area contributed by atoms with Crippen LogP contribution in [0, 0.1) is 5.92 Å². The molecule has 0 spiro atoms. The quantitative estimate of drug-likeness (QED) is 0.183. The highest BCUT2D eigenvalue weighted by molar-refractivity contribution is 14.0. The van der Waals surface area contributed by atoms with E-state index in [1.807, 2.05) is 6.92 Å². The van der Waals surface area contributed by atoms with Crippen molar-refractivity contribution in [3.63, 3.8) is 0 Å². The minimum absolute atomic E-state index is 0. The molecule has 0 bridgehead atoms. The van der Waals surface area contributed by atoms with E-state index >= 15 is 0 Å². The second kappa shape index (κ2) is 13.6. The summed E-state index contributed by atoms with van der Waals surface area (Å²) in [5, 5.41) is 9.11. The van der Waals surface area contributed by atoms with Crippen LogP contribution in [0.1, 0.15) is 52.9 Å². The van der Waals surface area contributed by atoms with Crippen molar-refractivity contribution in [1.82, 2.24) is 16.0 Å². The first-order valence-corrected chi connectivity index (χ1v) is 11.2. The number of sulfone groups is 1. The van der Waals surface area contributed by atoms with E-state index < -0.39 is 9.84 Å². The third-order valence-corrected chi connectivity index (χ3v) is 5.81. The molecule has 1 rings (SSSR count). The van der Waals surface area contributed by atoms with E-state index in [1.54, 1.807) is 0 Å². The number of rotatable bonds is 10. The minimum atomic E-state index is -2.96. The van der Waals surface area contributed by atoms with Crippen LogP contribution in [0.2, 0.25) is 0 Å². The molecule has 7 nitrogen and oxygen atoms in total. The van der Waals surface area contributed by atoms with Gasteiger partial charge in [-0.2, -0.15) is 0 Å². The molecule has 0 radical (unpaired) electrons. The van der Waals surface area contributed by atoms with Crippen LogP contribution in [0.3, 0.4) is 0 Å². The number of carbonyl (C=O) groups excluding carboxylic acids is 1. The first-order valence-electron chi connectivity index (χ1n) is 9.34. The molecule has 0 aromatic carbocycles. The van der Waals surface area contributed by atoms with Crippen LogP contribution < -0.4 is 16.0 Å². The average Bonchev–Trinajstić information content (AvgIpc) is 2.85. The number of unbranched alkanes of at least 4 members (excludes halogenated alkanes) is 1. The van der Waals surface area contributed by atoms with Crippen molar-refractivity contribution in [2.45, 2.75) is 58.9 Å². The summed E-state index contributed by atoms with van der Waals surface area (Å²) in [6, 6.07) is -0.236. The SMILES string of the molecule is CCNC(=NCCCCC(C)C)NCCC(=O)NC1CCS(=O)(=O)C1.I. The zero-order chi connectivity index (χ0) is 18.7. The van der Waals surface area contributed by atoms with E-state index in [2.05, 4.69) is 34.8 Å². The van der Waals surface area contributed by atoms with Gasteiger partial charge in [-0.05, 0) is 25.7 Å². The average molecular weight is 502 g/mol. The summed E-state index contributed by atoms with van der Waals surface area (Å²) in [6.45, 7) is 8.46. The van der Waals surface area contributed by atoms with Crippen LogP contribution in [0.5, 0.6) is 0 Å². The largest absolute Gasteiger partial charge is 0.357 e. The highest BCUT2D eigenvalue weighted by Gasteiger charge is 2.28. The van der Waals surface area contributed by atoms with Crippen LogP contribution in [0.25, 0.3) is 0 Å². The highest BCUT2D eigenvalue weighted by Crippen LogP contribution is 2.11. The van der Waals surface area contributed by atoms with Gasteiger partial charge in [-0.1, -0.05) is 26.7 Å². The van der Waals surface area contributed by atoms with Crippen LogP contribution in [0.15, 0.2) is 4.99 Å². The summed E-state index contributed by atoms with van der Waals surface area (Å²) < 4.78 is 22.8. The maximum absolute atomic E-state index is 11.9. The number of nitrogens with one attached hydrogen (secondary N) is 3. The topological polar surface area (TPSA) is 99.7 Å². The first kappa shape index (κ1) is 25.4. The zero-order valence-corrected chi connectivity index (χ0v) is 19.4. The van der Waals surface area contributed by atoms with Crippen molar-refractivity contribution < 1.29 is 13.2 Å². The van der Waals surface area contributed by atoms with Crippen LogP contribution in [-0.2, 0) is 14.6 Å². The first-order chi connectivity index (χ1) is 11.8. The summed E-state index contributed by atoms with van der Waals surface area (Å²) in [6.07, 6.45) is 4.27. The molecule has 0 aliphatic carbocycles. The molecule has 0 saturated carbocycles. The fourth-order valence-electron chi connectivity index (χ4n) is 2.70. The Kier molecular flexibility index (Phi) is 13.3. The Bertz CT molecular complexity index is 538. The van der Waals surface area contributed by atoms with E-state index in [9.17, 15) is 13.2 Å². The van der Waals surface area contributed by atoms with Crippen LogP contribution in [-0.4, -0.2) is 57.5 Å².